The first-order valence-electron chi connectivity index (χ1n) is 7.92. The monoisotopic (exact) mass is 344 g/mol. The Labute approximate surface area is 146 Å². The number of aromatic nitrogens is 3. The van der Waals surface area contributed by atoms with Gasteiger partial charge in [-0.15, -0.1) is 10.2 Å². The van der Waals surface area contributed by atoms with Gasteiger partial charge in [-0.3, -0.25) is 0 Å². The van der Waals surface area contributed by atoms with Crippen molar-refractivity contribution in [2.75, 3.05) is 20.6 Å². The second-order valence-electron chi connectivity index (χ2n) is 6.29. The molecule has 0 radical (unpaired) electrons. The Morgan fingerprint density at radius 1 is 1.21 bits per heavy atom. The van der Waals surface area contributed by atoms with Gasteiger partial charge in [-0.05, 0) is 63.8 Å². The lowest BCUT2D eigenvalue weighted by Crippen LogP contribution is -2.15. The van der Waals surface area contributed by atoms with Crippen LogP contribution in [0.2, 0.25) is 5.02 Å². The van der Waals surface area contributed by atoms with Crippen LogP contribution in [0.5, 0.6) is 5.75 Å². The molecule has 5 nitrogen and oxygen atoms in total. The van der Waals surface area contributed by atoms with Gasteiger partial charge in [0.25, 0.3) is 0 Å². The summed E-state index contributed by atoms with van der Waals surface area (Å²) >= 11 is 5.98. The van der Waals surface area contributed by atoms with Crippen molar-refractivity contribution in [2.45, 2.75) is 19.9 Å². The second-order valence-corrected chi connectivity index (χ2v) is 6.73. The first-order valence-corrected chi connectivity index (χ1v) is 8.30. The molecule has 1 N–H and O–H groups in total. The van der Waals surface area contributed by atoms with Crippen molar-refractivity contribution in [1.82, 2.24) is 19.7 Å². The summed E-state index contributed by atoms with van der Waals surface area (Å²) in [4.78, 5) is 2.17. The first kappa shape index (κ1) is 16.7. The van der Waals surface area contributed by atoms with E-state index >= 15 is 0 Å². The summed E-state index contributed by atoms with van der Waals surface area (Å²) in [7, 11) is 4.14. The molecule has 0 aliphatic rings. The largest absolute Gasteiger partial charge is 0.507 e. The summed E-state index contributed by atoms with van der Waals surface area (Å²) in [6.07, 6.45) is 3.09. The zero-order valence-electron chi connectivity index (χ0n) is 14.1. The van der Waals surface area contributed by atoms with Crippen LogP contribution >= 0.6 is 11.6 Å². The maximum absolute atomic E-state index is 10.2. The molecule has 0 aliphatic heterocycles. The Bertz CT molecular complexity index is 850. The smallest absolute Gasteiger partial charge is 0.162 e. The zero-order chi connectivity index (χ0) is 17.3. The van der Waals surface area contributed by atoms with Crippen LogP contribution in [0, 0.1) is 6.92 Å². The van der Waals surface area contributed by atoms with Gasteiger partial charge in [-0.1, -0.05) is 11.6 Å². The highest BCUT2D eigenvalue weighted by atomic mass is 35.5. The number of rotatable bonds is 5. The molecule has 1 aromatic carbocycles. The summed E-state index contributed by atoms with van der Waals surface area (Å²) in [6.45, 7) is 3.84. The highest BCUT2D eigenvalue weighted by molar-refractivity contribution is 6.31. The van der Waals surface area contributed by atoms with Crippen molar-refractivity contribution in [3.63, 3.8) is 0 Å². The average Bonchev–Trinajstić information content (AvgIpc) is 2.88. The lowest BCUT2D eigenvalue weighted by atomic mass is 10.0. The van der Waals surface area contributed by atoms with Crippen molar-refractivity contribution >= 4 is 22.6 Å². The number of halogens is 1. The maximum Gasteiger partial charge on any atom is 0.162 e. The molecule has 0 bridgehead atoms. The Balaban J connectivity index is 1.93. The molecule has 6 heteroatoms. The van der Waals surface area contributed by atoms with Gasteiger partial charge in [0.1, 0.15) is 5.75 Å². The SMILES string of the molecule is Cc1cc(Cl)cc(O)c1-c1cc2ccn(CCCN(C)C)c2nn1. The van der Waals surface area contributed by atoms with Gasteiger partial charge in [0.2, 0.25) is 0 Å². The van der Waals surface area contributed by atoms with Gasteiger partial charge in [0.05, 0.1) is 5.69 Å². The average molecular weight is 345 g/mol. The summed E-state index contributed by atoms with van der Waals surface area (Å²) in [5.41, 5.74) is 3.07. The van der Waals surface area contributed by atoms with E-state index in [2.05, 4.69) is 33.8 Å². The lowest BCUT2D eigenvalue weighted by Gasteiger charge is -2.10. The number of hydrogen-bond donors (Lipinski definition) is 1. The van der Waals surface area contributed by atoms with Crippen molar-refractivity contribution in [3.05, 3.63) is 41.0 Å². The maximum atomic E-state index is 10.2. The predicted octanol–water partition coefficient (Wildman–Crippen LogP) is 3.72. The number of hydrogen-bond acceptors (Lipinski definition) is 4. The van der Waals surface area contributed by atoms with Crippen LogP contribution in [0.25, 0.3) is 22.3 Å². The quantitative estimate of drug-likeness (QED) is 0.766. The molecule has 24 heavy (non-hydrogen) atoms. The fraction of sp³-hybridized carbons (Fsp3) is 0.333. The van der Waals surface area contributed by atoms with E-state index in [1.807, 2.05) is 31.3 Å². The molecule has 3 aromatic rings. The molecule has 0 unspecified atom stereocenters. The van der Waals surface area contributed by atoms with Crippen LogP contribution in [0.1, 0.15) is 12.0 Å². The Morgan fingerprint density at radius 2 is 2.00 bits per heavy atom. The molecule has 2 aromatic heterocycles. The molecule has 0 saturated carbocycles. The fourth-order valence-electron chi connectivity index (χ4n) is 2.91. The summed E-state index contributed by atoms with van der Waals surface area (Å²) in [5.74, 6) is 0.124. The lowest BCUT2D eigenvalue weighted by molar-refractivity contribution is 0.387. The number of aryl methyl sites for hydroxylation is 2. The molecular formula is C18H21ClN4O. The van der Waals surface area contributed by atoms with Crippen LogP contribution in [0.15, 0.2) is 30.5 Å². The van der Waals surface area contributed by atoms with Crippen LogP contribution in [-0.2, 0) is 6.54 Å². The van der Waals surface area contributed by atoms with Crippen LogP contribution in [0.4, 0.5) is 0 Å². The molecule has 126 valence electrons. The van der Waals surface area contributed by atoms with Crippen molar-refractivity contribution < 1.29 is 5.11 Å². The predicted molar refractivity (Wildman–Crippen MR) is 97.5 cm³/mol. The molecule has 0 aliphatic carbocycles. The Hall–Kier alpha value is -2.11. The van der Waals surface area contributed by atoms with Gasteiger partial charge < -0.3 is 14.6 Å². The summed E-state index contributed by atoms with van der Waals surface area (Å²) in [5, 5.41) is 20.4. The number of fused-ring (bicyclic) bond motifs is 1. The highest BCUT2D eigenvalue weighted by Crippen LogP contribution is 2.34. The Morgan fingerprint density at radius 3 is 2.71 bits per heavy atom. The van der Waals surface area contributed by atoms with Crippen molar-refractivity contribution in [1.29, 1.82) is 0 Å². The second kappa shape index (κ2) is 6.79. The van der Waals surface area contributed by atoms with Gasteiger partial charge >= 0.3 is 0 Å². The molecule has 0 atom stereocenters. The van der Waals surface area contributed by atoms with Crippen molar-refractivity contribution in [3.8, 4) is 17.0 Å². The van der Waals surface area contributed by atoms with Gasteiger partial charge in [0.15, 0.2) is 5.65 Å². The van der Waals surface area contributed by atoms with Gasteiger partial charge in [-0.2, -0.15) is 0 Å². The third kappa shape index (κ3) is 3.37. The van der Waals surface area contributed by atoms with Gasteiger partial charge in [0, 0.05) is 28.7 Å². The number of nitrogens with zero attached hydrogens (tertiary/aromatic N) is 4. The van der Waals surface area contributed by atoms with Crippen LogP contribution in [-0.4, -0.2) is 45.4 Å². The van der Waals surface area contributed by atoms with Gasteiger partial charge in [-0.25, -0.2) is 0 Å². The minimum atomic E-state index is 0.124. The molecule has 0 amide bonds. The minimum absolute atomic E-state index is 0.124. The van der Waals surface area contributed by atoms with Crippen LogP contribution < -0.4 is 0 Å². The Kier molecular flexibility index (Phi) is 4.73. The summed E-state index contributed by atoms with van der Waals surface area (Å²) in [6, 6.07) is 7.34. The molecule has 0 spiro atoms. The third-order valence-corrected chi connectivity index (χ3v) is 4.27. The van der Waals surface area contributed by atoms with E-state index in [0.717, 1.165) is 36.1 Å². The normalized spacial score (nSPS) is 11.5. The summed E-state index contributed by atoms with van der Waals surface area (Å²) < 4.78 is 2.12. The standard InChI is InChI=1S/C18H21ClN4O/c1-12-9-14(19)11-16(24)17(12)15-10-13-5-8-23(18(13)21-20-15)7-4-6-22(2)3/h5,8-11,24H,4,6-7H2,1-3H3. The van der Waals surface area contributed by atoms with E-state index in [0.29, 0.717) is 16.3 Å². The molecule has 2 heterocycles. The van der Waals surface area contributed by atoms with Crippen LogP contribution in [0.3, 0.4) is 0 Å². The highest BCUT2D eigenvalue weighted by Gasteiger charge is 2.13. The van der Waals surface area contributed by atoms with Crippen molar-refractivity contribution in [2.24, 2.45) is 0 Å². The van der Waals surface area contributed by atoms with E-state index in [1.54, 1.807) is 0 Å². The van der Waals surface area contributed by atoms with E-state index in [9.17, 15) is 5.11 Å². The molecule has 0 fully saturated rings. The topological polar surface area (TPSA) is 54.2 Å². The third-order valence-electron chi connectivity index (χ3n) is 4.05. The number of aromatic hydroxyl groups is 1. The molecule has 3 rings (SSSR count). The molecule has 0 saturated heterocycles. The number of benzene rings is 1. The molecular weight excluding hydrogens is 324 g/mol. The van der Waals surface area contributed by atoms with E-state index in [-0.39, 0.29) is 5.75 Å². The number of phenols is 1. The zero-order valence-corrected chi connectivity index (χ0v) is 14.9. The minimum Gasteiger partial charge on any atom is -0.507 e. The fourth-order valence-corrected chi connectivity index (χ4v) is 3.17. The first-order chi connectivity index (χ1) is 11.5. The van der Waals surface area contributed by atoms with E-state index in [4.69, 9.17) is 11.6 Å². The number of phenolic OH excluding ortho intramolecular Hbond substituents is 1. The van der Waals surface area contributed by atoms with E-state index < -0.39 is 0 Å². The van der Waals surface area contributed by atoms with E-state index in [1.165, 1.54) is 6.07 Å².